The van der Waals surface area contributed by atoms with Gasteiger partial charge in [-0.25, -0.2) is 8.42 Å². The van der Waals surface area contributed by atoms with Crippen LogP contribution in [0.5, 0.6) is 0 Å². The molecule has 0 saturated carbocycles. The maximum Gasteiger partial charge on any atom is 0.243 e. The molecule has 0 aliphatic rings. The van der Waals surface area contributed by atoms with Gasteiger partial charge in [0.2, 0.25) is 21.8 Å². The van der Waals surface area contributed by atoms with E-state index in [1.165, 1.54) is 9.21 Å². The Kier molecular flexibility index (Phi) is 12.0. The lowest BCUT2D eigenvalue weighted by Gasteiger charge is -2.32. The predicted molar refractivity (Wildman–Crippen MR) is 152 cm³/mol. The molecular formula is C26H34Cl3N3O4S. The molecule has 2 aromatic carbocycles. The van der Waals surface area contributed by atoms with E-state index in [0.29, 0.717) is 32.7 Å². The van der Waals surface area contributed by atoms with Crippen LogP contribution >= 0.6 is 34.8 Å². The molecule has 2 rings (SSSR count). The van der Waals surface area contributed by atoms with Gasteiger partial charge in [0.1, 0.15) is 6.04 Å². The number of amides is 2. The zero-order valence-electron chi connectivity index (χ0n) is 21.5. The van der Waals surface area contributed by atoms with Crippen LogP contribution in [0, 0.1) is 0 Å². The molecule has 0 aromatic heterocycles. The van der Waals surface area contributed by atoms with Gasteiger partial charge in [-0.1, -0.05) is 54.7 Å². The summed E-state index contributed by atoms with van der Waals surface area (Å²) in [6, 6.07) is 10.7. The highest BCUT2D eigenvalue weighted by Gasteiger charge is 2.30. The Morgan fingerprint density at radius 3 is 2.08 bits per heavy atom. The van der Waals surface area contributed by atoms with E-state index in [-0.39, 0.29) is 43.8 Å². The van der Waals surface area contributed by atoms with Gasteiger partial charge in [0, 0.05) is 46.2 Å². The fourth-order valence-electron chi connectivity index (χ4n) is 3.83. The van der Waals surface area contributed by atoms with E-state index in [4.69, 9.17) is 34.8 Å². The molecule has 7 nitrogen and oxygen atoms in total. The first-order valence-electron chi connectivity index (χ1n) is 12.1. The van der Waals surface area contributed by atoms with Gasteiger partial charge in [-0.3, -0.25) is 13.9 Å². The van der Waals surface area contributed by atoms with Crippen LogP contribution in [-0.2, 0) is 26.2 Å². The zero-order chi connectivity index (χ0) is 27.8. The molecule has 0 unspecified atom stereocenters. The van der Waals surface area contributed by atoms with Crippen LogP contribution in [0.2, 0.25) is 15.1 Å². The molecule has 0 saturated heterocycles. The number of halogens is 3. The van der Waals surface area contributed by atoms with Gasteiger partial charge in [0.05, 0.1) is 11.9 Å². The van der Waals surface area contributed by atoms with E-state index in [1.54, 1.807) is 42.5 Å². The Morgan fingerprint density at radius 1 is 0.973 bits per heavy atom. The first kappa shape index (κ1) is 31.2. The lowest BCUT2D eigenvalue weighted by atomic mass is 10.1. The zero-order valence-corrected chi connectivity index (χ0v) is 24.6. The molecule has 37 heavy (non-hydrogen) atoms. The van der Waals surface area contributed by atoms with Crippen molar-refractivity contribution < 1.29 is 18.0 Å². The summed E-state index contributed by atoms with van der Waals surface area (Å²) in [5.41, 5.74) is 1.01. The summed E-state index contributed by atoms with van der Waals surface area (Å²) < 4.78 is 26.1. The molecule has 0 fully saturated rings. The third-order valence-corrected chi connectivity index (χ3v) is 8.20. The first-order valence-corrected chi connectivity index (χ1v) is 15.1. The summed E-state index contributed by atoms with van der Waals surface area (Å²) >= 11 is 18.7. The Labute approximate surface area is 235 Å². The first-order chi connectivity index (χ1) is 17.4. The lowest BCUT2D eigenvalue weighted by molar-refractivity contribution is -0.141. The number of sulfonamides is 1. The molecule has 2 atom stereocenters. The largest absolute Gasteiger partial charge is 0.352 e. The fraction of sp³-hybridized carbons (Fsp3) is 0.462. The summed E-state index contributed by atoms with van der Waals surface area (Å²) in [6.07, 6.45) is 2.51. The maximum atomic E-state index is 13.5. The number of carbonyl (C=O) groups excluding carboxylic acids is 2. The highest BCUT2D eigenvalue weighted by molar-refractivity contribution is 7.92. The Bertz CT molecular complexity index is 1160. The predicted octanol–water partition coefficient (Wildman–Crippen LogP) is 5.92. The molecule has 204 valence electrons. The highest BCUT2D eigenvalue weighted by Crippen LogP contribution is 2.28. The van der Waals surface area contributed by atoms with Gasteiger partial charge >= 0.3 is 0 Å². The third kappa shape index (κ3) is 9.06. The van der Waals surface area contributed by atoms with Crippen LogP contribution < -0.4 is 9.62 Å². The van der Waals surface area contributed by atoms with E-state index in [2.05, 4.69) is 5.32 Å². The molecule has 0 bridgehead atoms. The van der Waals surface area contributed by atoms with Crippen LogP contribution in [0.1, 0.15) is 52.0 Å². The van der Waals surface area contributed by atoms with Gasteiger partial charge in [0.25, 0.3) is 0 Å². The van der Waals surface area contributed by atoms with Crippen LogP contribution in [0.15, 0.2) is 42.5 Å². The number of carbonyl (C=O) groups is 2. The number of hydrogen-bond donors (Lipinski definition) is 1. The van der Waals surface area contributed by atoms with Crippen molar-refractivity contribution in [2.75, 3.05) is 17.1 Å². The highest BCUT2D eigenvalue weighted by atomic mass is 35.5. The van der Waals surface area contributed by atoms with Gasteiger partial charge in [-0.2, -0.15) is 0 Å². The summed E-state index contributed by atoms with van der Waals surface area (Å²) in [4.78, 5) is 28.1. The number of nitrogens with one attached hydrogen (secondary N) is 1. The van der Waals surface area contributed by atoms with Crippen molar-refractivity contribution in [1.82, 2.24) is 10.2 Å². The van der Waals surface area contributed by atoms with Crippen LogP contribution in [0.25, 0.3) is 0 Å². The third-order valence-electron chi connectivity index (χ3n) is 6.04. The fourth-order valence-corrected chi connectivity index (χ4v) is 5.43. The maximum absolute atomic E-state index is 13.5. The molecular weight excluding hydrogens is 557 g/mol. The SMILES string of the molecule is CC[C@H](C(=O)N[C@@H](C)CC)N(Cc1c(Cl)cccc1Cl)C(=O)CCCN(c1ccc(Cl)cc1)S(C)(=O)=O. The van der Waals surface area contributed by atoms with E-state index in [1.807, 2.05) is 20.8 Å². The average Bonchev–Trinajstić information content (AvgIpc) is 2.83. The summed E-state index contributed by atoms with van der Waals surface area (Å²) in [5.74, 6) is -0.556. The van der Waals surface area contributed by atoms with E-state index in [9.17, 15) is 18.0 Å². The summed E-state index contributed by atoms with van der Waals surface area (Å²) in [7, 11) is -3.59. The van der Waals surface area contributed by atoms with Gasteiger partial charge in [-0.05, 0) is 62.6 Å². The van der Waals surface area contributed by atoms with Crippen molar-refractivity contribution in [3.8, 4) is 0 Å². The monoisotopic (exact) mass is 589 g/mol. The van der Waals surface area contributed by atoms with Crippen LogP contribution in [-0.4, -0.2) is 50.0 Å². The van der Waals surface area contributed by atoms with Crippen LogP contribution in [0.4, 0.5) is 5.69 Å². The minimum Gasteiger partial charge on any atom is -0.352 e. The van der Waals surface area contributed by atoms with Crippen molar-refractivity contribution in [3.63, 3.8) is 0 Å². The van der Waals surface area contributed by atoms with Crippen molar-refractivity contribution in [2.45, 2.75) is 65.1 Å². The number of anilines is 1. The van der Waals surface area contributed by atoms with E-state index >= 15 is 0 Å². The average molecular weight is 591 g/mol. The molecule has 0 aliphatic carbocycles. The van der Waals surface area contributed by atoms with Crippen LogP contribution in [0.3, 0.4) is 0 Å². The number of benzene rings is 2. The van der Waals surface area contributed by atoms with Gasteiger partial charge in [-0.15, -0.1) is 0 Å². The second kappa shape index (κ2) is 14.2. The Balaban J connectivity index is 2.27. The molecule has 1 N–H and O–H groups in total. The Hall–Kier alpha value is -2.00. The standard InChI is InChI=1S/C26H34Cl3N3O4S/c1-5-18(3)30-26(34)24(6-2)31(17-21-22(28)9-7-10-23(21)29)25(33)11-8-16-32(37(4,35)36)20-14-12-19(27)13-15-20/h7,9-10,12-15,18,24H,5-6,8,11,16-17H2,1-4H3,(H,30,34)/t18-,24+/m0/s1. The summed E-state index contributed by atoms with van der Waals surface area (Å²) in [5, 5.41) is 4.24. The summed E-state index contributed by atoms with van der Waals surface area (Å²) in [6.45, 7) is 5.84. The normalized spacial score (nSPS) is 13.1. The van der Waals surface area contributed by atoms with Crippen molar-refractivity contribution >= 4 is 62.3 Å². The molecule has 0 spiro atoms. The minimum atomic E-state index is -3.59. The van der Waals surface area contributed by atoms with Crippen molar-refractivity contribution in [3.05, 3.63) is 63.1 Å². The topological polar surface area (TPSA) is 86.8 Å². The molecule has 2 amide bonds. The minimum absolute atomic E-state index is 0.0226. The van der Waals surface area contributed by atoms with E-state index in [0.717, 1.165) is 12.7 Å². The molecule has 11 heteroatoms. The molecule has 2 aromatic rings. The van der Waals surface area contributed by atoms with Crippen molar-refractivity contribution in [2.24, 2.45) is 0 Å². The number of nitrogens with zero attached hydrogens (tertiary/aromatic N) is 2. The quantitative estimate of drug-likeness (QED) is 0.314. The van der Waals surface area contributed by atoms with Gasteiger partial charge < -0.3 is 10.2 Å². The second-order valence-electron chi connectivity index (χ2n) is 8.88. The second-order valence-corrected chi connectivity index (χ2v) is 12.0. The van der Waals surface area contributed by atoms with E-state index < -0.39 is 16.1 Å². The van der Waals surface area contributed by atoms with Crippen molar-refractivity contribution in [1.29, 1.82) is 0 Å². The molecule has 0 aliphatic heterocycles. The molecule has 0 heterocycles. The van der Waals surface area contributed by atoms with Gasteiger partial charge in [0.15, 0.2) is 0 Å². The lowest BCUT2D eigenvalue weighted by Crippen LogP contribution is -2.50. The number of hydrogen-bond acceptors (Lipinski definition) is 4. The smallest absolute Gasteiger partial charge is 0.243 e. The molecule has 0 radical (unpaired) electrons. The number of rotatable bonds is 13. The Morgan fingerprint density at radius 2 is 1.57 bits per heavy atom.